The Morgan fingerprint density at radius 1 is 0.488 bits per heavy atom. The highest BCUT2D eigenvalue weighted by Crippen LogP contribution is 2.42. The SMILES string of the molecule is C1=C(c2cccc3c(-c4nc(-c5ccccc5)nc(-c5ccccc5)n4)cccc23)c2c(oc3ccccc23)CC1. The van der Waals surface area contributed by atoms with E-state index in [2.05, 4.69) is 60.7 Å². The van der Waals surface area contributed by atoms with Crippen molar-refractivity contribution in [3.05, 3.63) is 144 Å². The third-order valence-corrected chi connectivity index (χ3v) is 7.81. The first-order valence-corrected chi connectivity index (χ1v) is 13.9. The third-order valence-electron chi connectivity index (χ3n) is 7.81. The quantitative estimate of drug-likeness (QED) is 0.229. The molecule has 2 aromatic heterocycles. The molecule has 41 heavy (non-hydrogen) atoms. The molecule has 4 heteroatoms. The Labute approximate surface area is 237 Å². The molecule has 5 aromatic carbocycles. The second-order valence-electron chi connectivity index (χ2n) is 10.3. The highest BCUT2D eigenvalue weighted by Gasteiger charge is 2.23. The van der Waals surface area contributed by atoms with Crippen molar-refractivity contribution in [3.8, 4) is 34.2 Å². The van der Waals surface area contributed by atoms with Crippen LogP contribution in [0.4, 0.5) is 0 Å². The van der Waals surface area contributed by atoms with E-state index in [1.807, 2.05) is 66.7 Å². The van der Waals surface area contributed by atoms with E-state index in [0.717, 1.165) is 51.6 Å². The van der Waals surface area contributed by atoms with Crippen molar-refractivity contribution < 1.29 is 4.42 Å². The largest absolute Gasteiger partial charge is 0.460 e. The van der Waals surface area contributed by atoms with Crippen LogP contribution in [0.1, 0.15) is 23.3 Å². The lowest BCUT2D eigenvalue weighted by molar-refractivity contribution is 0.545. The Kier molecular flexibility index (Phi) is 5.56. The van der Waals surface area contributed by atoms with Crippen molar-refractivity contribution in [1.29, 1.82) is 0 Å². The van der Waals surface area contributed by atoms with Crippen LogP contribution in [0.3, 0.4) is 0 Å². The molecule has 0 unspecified atom stereocenters. The number of fused-ring (bicyclic) bond motifs is 4. The van der Waals surface area contributed by atoms with Gasteiger partial charge in [-0.1, -0.05) is 121 Å². The summed E-state index contributed by atoms with van der Waals surface area (Å²) in [4.78, 5) is 14.9. The summed E-state index contributed by atoms with van der Waals surface area (Å²) in [5.41, 5.74) is 7.47. The summed E-state index contributed by atoms with van der Waals surface area (Å²) in [5.74, 6) is 3.04. The summed E-state index contributed by atoms with van der Waals surface area (Å²) in [6.45, 7) is 0. The minimum Gasteiger partial charge on any atom is -0.460 e. The van der Waals surface area contributed by atoms with Crippen molar-refractivity contribution in [2.24, 2.45) is 0 Å². The van der Waals surface area contributed by atoms with E-state index in [1.165, 1.54) is 22.1 Å². The van der Waals surface area contributed by atoms with Gasteiger partial charge in [-0.05, 0) is 34.4 Å². The van der Waals surface area contributed by atoms with Gasteiger partial charge in [0.25, 0.3) is 0 Å². The first-order valence-electron chi connectivity index (χ1n) is 13.9. The van der Waals surface area contributed by atoms with Gasteiger partial charge < -0.3 is 4.42 Å². The summed E-state index contributed by atoms with van der Waals surface area (Å²) in [6.07, 6.45) is 4.22. The average Bonchev–Trinajstić information content (AvgIpc) is 3.44. The predicted molar refractivity (Wildman–Crippen MR) is 165 cm³/mol. The minimum atomic E-state index is 0.659. The number of aryl methyl sites for hydroxylation is 1. The molecule has 4 nitrogen and oxygen atoms in total. The van der Waals surface area contributed by atoms with Crippen LogP contribution >= 0.6 is 0 Å². The van der Waals surface area contributed by atoms with Gasteiger partial charge in [0.05, 0.1) is 0 Å². The zero-order valence-corrected chi connectivity index (χ0v) is 22.3. The van der Waals surface area contributed by atoms with Crippen molar-refractivity contribution in [2.75, 3.05) is 0 Å². The van der Waals surface area contributed by atoms with Gasteiger partial charge >= 0.3 is 0 Å². The fraction of sp³-hybridized carbons (Fsp3) is 0.0541. The van der Waals surface area contributed by atoms with E-state index in [-0.39, 0.29) is 0 Å². The van der Waals surface area contributed by atoms with Crippen LogP contribution < -0.4 is 0 Å². The second-order valence-corrected chi connectivity index (χ2v) is 10.3. The number of allylic oxidation sites excluding steroid dienone is 1. The molecule has 0 saturated heterocycles. The van der Waals surface area contributed by atoms with Gasteiger partial charge in [-0.2, -0.15) is 0 Å². The lowest BCUT2D eigenvalue weighted by atomic mass is 9.86. The van der Waals surface area contributed by atoms with Gasteiger partial charge in [0.1, 0.15) is 11.3 Å². The number of furan rings is 1. The van der Waals surface area contributed by atoms with Gasteiger partial charge in [-0.3, -0.25) is 0 Å². The van der Waals surface area contributed by atoms with Crippen molar-refractivity contribution in [3.63, 3.8) is 0 Å². The Bertz CT molecular complexity index is 2030. The van der Waals surface area contributed by atoms with Gasteiger partial charge in [0.2, 0.25) is 0 Å². The molecule has 0 saturated carbocycles. The van der Waals surface area contributed by atoms with Gasteiger partial charge in [0, 0.05) is 34.1 Å². The van der Waals surface area contributed by atoms with Crippen LogP contribution in [0, 0.1) is 0 Å². The molecular formula is C37H25N3O. The topological polar surface area (TPSA) is 51.8 Å². The second kappa shape index (κ2) is 9.68. The number of benzene rings is 5. The molecule has 0 atom stereocenters. The molecule has 0 fully saturated rings. The van der Waals surface area contributed by atoms with E-state index >= 15 is 0 Å². The van der Waals surface area contributed by atoms with Crippen LogP contribution in [0.5, 0.6) is 0 Å². The fourth-order valence-electron chi connectivity index (χ4n) is 5.93. The summed E-state index contributed by atoms with van der Waals surface area (Å²) in [5, 5.41) is 3.44. The molecule has 0 amide bonds. The Balaban J connectivity index is 1.34. The number of aromatic nitrogens is 3. The molecule has 0 bridgehead atoms. The Hall–Kier alpha value is -5.35. The number of hydrogen-bond acceptors (Lipinski definition) is 4. The van der Waals surface area contributed by atoms with E-state index in [4.69, 9.17) is 19.4 Å². The van der Waals surface area contributed by atoms with Gasteiger partial charge in [-0.15, -0.1) is 0 Å². The number of nitrogens with zero attached hydrogens (tertiary/aromatic N) is 3. The highest BCUT2D eigenvalue weighted by atomic mass is 16.3. The average molecular weight is 528 g/mol. The first kappa shape index (κ1) is 23.5. The number of rotatable bonds is 4. The van der Waals surface area contributed by atoms with Crippen LogP contribution in [0.25, 0.3) is 61.5 Å². The van der Waals surface area contributed by atoms with Gasteiger partial charge in [0.15, 0.2) is 17.5 Å². The fourth-order valence-corrected chi connectivity index (χ4v) is 5.93. The monoisotopic (exact) mass is 527 g/mol. The third kappa shape index (κ3) is 4.04. The van der Waals surface area contributed by atoms with E-state index in [1.54, 1.807) is 0 Å². The van der Waals surface area contributed by atoms with Crippen molar-refractivity contribution in [1.82, 2.24) is 15.0 Å². The summed E-state index contributed by atoms with van der Waals surface area (Å²) >= 11 is 0. The standard InChI is InChI=1S/C37H25N3O/c1-3-12-24(13-4-1)35-38-36(25-14-5-2-6-15-25)40-37(39-35)30-21-10-17-26-27(18-9-19-28(26)30)29-20-11-23-33-34(29)31-16-7-8-22-32(31)41-33/h1-10,12-22H,11,23H2. The summed E-state index contributed by atoms with van der Waals surface area (Å²) in [6, 6.07) is 41.5. The molecule has 1 aliphatic carbocycles. The van der Waals surface area contributed by atoms with Crippen LogP contribution in [-0.4, -0.2) is 15.0 Å². The van der Waals surface area contributed by atoms with E-state index < -0.39 is 0 Å². The van der Waals surface area contributed by atoms with Crippen LogP contribution in [-0.2, 0) is 6.42 Å². The van der Waals surface area contributed by atoms with Crippen molar-refractivity contribution in [2.45, 2.75) is 12.8 Å². The first-order chi connectivity index (χ1) is 20.3. The molecule has 0 spiro atoms. The molecule has 0 N–H and O–H groups in total. The molecule has 0 radical (unpaired) electrons. The molecule has 7 aromatic rings. The van der Waals surface area contributed by atoms with E-state index in [0.29, 0.717) is 17.5 Å². The summed E-state index contributed by atoms with van der Waals surface area (Å²) in [7, 11) is 0. The predicted octanol–water partition coefficient (Wildman–Crippen LogP) is 9.15. The maximum absolute atomic E-state index is 6.29. The number of hydrogen-bond donors (Lipinski definition) is 0. The van der Waals surface area contributed by atoms with E-state index in [9.17, 15) is 0 Å². The van der Waals surface area contributed by atoms with Crippen LogP contribution in [0.2, 0.25) is 0 Å². The Morgan fingerprint density at radius 2 is 1.05 bits per heavy atom. The molecule has 194 valence electrons. The summed E-state index contributed by atoms with van der Waals surface area (Å²) < 4.78 is 6.29. The van der Waals surface area contributed by atoms with Crippen molar-refractivity contribution >= 4 is 27.3 Å². The lowest BCUT2D eigenvalue weighted by Crippen LogP contribution is -2.01. The maximum atomic E-state index is 6.29. The molecule has 2 heterocycles. The maximum Gasteiger partial charge on any atom is 0.164 e. The molecule has 1 aliphatic rings. The zero-order chi connectivity index (χ0) is 27.2. The smallest absolute Gasteiger partial charge is 0.164 e. The van der Waals surface area contributed by atoms with Gasteiger partial charge in [-0.25, -0.2) is 15.0 Å². The lowest BCUT2D eigenvalue weighted by Gasteiger charge is -2.17. The van der Waals surface area contributed by atoms with Crippen LogP contribution in [0.15, 0.2) is 132 Å². The Morgan fingerprint density at radius 3 is 1.76 bits per heavy atom. The zero-order valence-electron chi connectivity index (χ0n) is 22.3. The number of para-hydroxylation sites is 1. The minimum absolute atomic E-state index is 0.659. The highest BCUT2D eigenvalue weighted by molar-refractivity contribution is 6.07. The normalized spacial score (nSPS) is 12.8. The molecule has 8 rings (SSSR count). The molecular weight excluding hydrogens is 502 g/mol. The molecule has 0 aliphatic heterocycles.